The van der Waals surface area contributed by atoms with Gasteiger partial charge in [-0.3, -0.25) is 19.3 Å². The molecule has 1 saturated heterocycles. The van der Waals surface area contributed by atoms with Crippen molar-refractivity contribution in [1.82, 2.24) is 10.2 Å². The van der Waals surface area contributed by atoms with Crippen molar-refractivity contribution in [3.05, 3.63) is 39.4 Å². The van der Waals surface area contributed by atoms with Crippen molar-refractivity contribution in [1.29, 1.82) is 0 Å². The molecule has 0 radical (unpaired) electrons. The first-order chi connectivity index (χ1) is 11.8. The van der Waals surface area contributed by atoms with Crippen molar-refractivity contribution >= 4 is 51.4 Å². The third kappa shape index (κ3) is 3.01. The van der Waals surface area contributed by atoms with Gasteiger partial charge < -0.3 is 16.4 Å². The molecule has 2 aromatic rings. The van der Waals surface area contributed by atoms with Crippen LogP contribution in [0.25, 0.3) is 0 Å². The zero-order valence-corrected chi connectivity index (χ0v) is 14.7. The van der Waals surface area contributed by atoms with Gasteiger partial charge in [0.2, 0.25) is 5.91 Å². The number of carbonyl (C=O) groups excluding carboxylic acids is 4. The summed E-state index contributed by atoms with van der Waals surface area (Å²) < 4.78 is 0. The lowest BCUT2D eigenvalue weighted by Gasteiger charge is -2.20. The first kappa shape index (κ1) is 17.1. The monoisotopic (exact) mass is 378 g/mol. The van der Waals surface area contributed by atoms with Crippen molar-refractivity contribution in [2.24, 2.45) is 5.73 Å². The zero-order chi connectivity index (χ0) is 18.2. The molecule has 3 rings (SSSR count). The molecule has 0 bridgehead atoms. The fourth-order valence-corrected chi connectivity index (χ4v) is 4.07. The van der Waals surface area contributed by atoms with Crippen LogP contribution in [-0.2, 0) is 15.1 Å². The van der Waals surface area contributed by atoms with Crippen molar-refractivity contribution in [3.63, 3.8) is 0 Å². The fourth-order valence-electron chi connectivity index (χ4n) is 2.50. The lowest BCUT2D eigenvalue weighted by atomic mass is 9.95. The largest absolute Gasteiger partial charge is 0.366 e. The molecule has 0 spiro atoms. The normalized spacial score (nSPS) is 19.8. The van der Waals surface area contributed by atoms with Gasteiger partial charge in [0.25, 0.3) is 11.8 Å². The highest BCUT2D eigenvalue weighted by Gasteiger charge is 2.49. The summed E-state index contributed by atoms with van der Waals surface area (Å²) in [7, 11) is 0. The summed E-state index contributed by atoms with van der Waals surface area (Å²) in [4.78, 5) is 49.1. The summed E-state index contributed by atoms with van der Waals surface area (Å²) in [5, 5.41) is 10.6. The number of anilines is 1. The number of nitrogens with two attached hydrogens (primary N) is 1. The highest BCUT2D eigenvalue weighted by atomic mass is 32.1. The van der Waals surface area contributed by atoms with E-state index in [4.69, 9.17) is 5.73 Å². The van der Waals surface area contributed by atoms with E-state index in [0.717, 1.165) is 16.2 Å². The standard InChI is InChI=1S/C15H14N4O4S2/c1-15(8-2-4-24-7-8)13(22)19(14(23)18-15)6-10(20)17-12-9(11(16)21)3-5-25-12/h2-5,7H,6H2,1H3,(H2,16,21)(H,17,20)(H,18,23). The Labute approximate surface area is 150 Å². The Kier molecular flexibility index (Phi) is 4.31. The molecule has 10 heteroatoms. The molecule has 130 valence electrons. The topological polar surface area (TPSA) is 122 Å². The van der Waals surface area contributed by atoms with Crippen LogP contribution in [-0.4, -0.2) is 35.2 Å². The van der Waals surface area contributed by atoms with E-state index >= 15 is 0 Å². The van der Waals surface area contributed by atoms with Gasteiger partial charge in [0.1, 0.15) is 17.1 Å². The van der Waals surface area contributed by atoms with Gasteiger partial charge in [-0.15, -0.1) is 11.3 Å². The summed E-state index contributed by atoms with van der Waals surface area (Å²) in [5.74, 6) is -1.77. The second kappa shape index (κ2) is 6.30. The predicted octanol–water partition coefficient (Wildman–Crippen LogP) is 1.31. The van der Waals surface area contributed by atoms with Gasteiger partial charge in [0, 0.05) is 0 Å². The first-order valence-electron chi connectivity index (χ1n) is 7.17. The molecule has 5 amide bonds. The average molecular weight is 378 g/mol. The maximum atomic E-state index is 12.6. The highest BCUT2D eigenvalue weighted by molar-refractivity contribution is 7.14. The van der Waals surface area contributed by atoms with Crippen LogP contribution in [0.5, 0.6) is 0 Å². The van der Waals surface area contributed by atoms with Crippen LogP contribution in [0.3, 0.4) is 0 Å². The fraction of sp³-hybridized carbons (Fsp3) is 0.200. The quantitative estimate of drug-likeness (QED) is 0.679. The molecule has 1 unspecified atom stereocenters. The SMILES string of the molecule is CC1(c2ccsc2)NC(=O)N(CC(=O)Nc2sccc2C(N)=O)C1=O. The Morgan fingerprint density at radius 3 is 2.72 bits per heavy atom. The van der Waals surface area contributed by atoms with E-state index in [-0.39, 0.29) is 10.6 Å². The Balaban J connectivity index is 1.73. The van der Waals surface area contributed by atoms with Crippen molar-refractivity contribution in [2.45, 2.75) is 12.5 Å². The third-order valence-electron chi connectivity index (χ3n) is 3.86. The van der Waals surface area contributed by atoms with Gasteiger partial charge in [-0.25, -0.2) is 4.79 Å². The number of amides is 5. The zero-order valence-electron chi connectivity index (χ0n) is 13.1. The number of nitrogens with one attached hydrogen (secondary N) is 2. The molecule has 1 aliphatic heterocycles. The second-order valence-corrected chi connectivity index (χ2v) is 7.23. The van der Waals surface area contributed by atoms with Crippen LogP contribution in [0.2, 0.25) is 0 Å². The molecular weight excluding hydrogens is 364 g/mol. The molecule has 1 aliphatic rings. The van der Waals surface area contributed by atoms with Crippen LogP contribution in [0.15, 0.2) is 28.3 Å². The van der Waals surface area contributed by atoms with E-state index in [1.807, 2.05) is 0 Å². The summed E-state index contributed by atoms with van der Waals surface area (Å²) in [5.41, 5.74) is 4.86. The molecule has 0 aliphatic carbocycles. The maximum Gasteiger partial charge on any atom is 0.325 e. The van der Waals surface area contributed by atoms with E-state index in [2.05, 4.69) is 10.6 Å². The summed E-state index contributed by atoms with van der Waals surface area (Å²) >= 11 is 2.53. The lowest BCUT2D eigenvalue weighted by Crippen LogP contribution is -2.41. The van der Waals surface area contributed by atoms with Crippen molar-refractivity contribution in [3.8, 4) is 0 Å². The minimum Gasteiger partial charge on any atom is -0.366 e. The van der Waals surface area contributed by atoms with Crippen LogP contribution < -0.4 is 16.4 Å². The number of imide groups is 1. The molecule has 1 atom stereocenters. The van der Waals surface area contributed by atoms with Gasteiger partial charge >= 0.3 is 6.03 Å². The molecule has 3 heterocycles. The Morgan fingerprint density at radius 2 is 2.08 bits per heavy atom. The van der Waals surface area contributed by atoms with Crippen LogP contribution >= 0.6 is 22.7 Å². The van der Waals surface area contributed by atoms with Gasteiger partial charge in [-0.05, 0) is 40.8 Å². The van der Waals surface area contributed by atoms with Gasteiger partial charge in [0.05, 0.1) is 5.56 Å². The summed E-state index contributed by atoms with van der Waals surface area (Å²) in [6.07, 6.45) is 0. The molecular formula is C15H14N4O4S2. The Morgan fingerprint density at radius 1 is 1.32 bits per heavy atom. The molecule has 2 aromatic heterocycles. The number of carbonyl (C=O) groups is 4. The number of primary amides is 1. The molecule has 1 fully saturated rings. The number of hydrogen-bond acceptors (Lipinski definition) is 6. The minimum atomic E-state index is -1.20. The van der Waals surface area contributed by atoms with Gasteiger partial charge in [-0.2, -0.15) is 11.3 Å². The van der Waals surface area contributed by atoms with E-state index in [1.165, 1.54) is 17.4 Å². The Bertz CT molecular complexity index is 861. The number of rotatable bonds is 5. The lowest BCUT2D eigenvalue weighted by molar-refractivity contribution is -0.133. The van der Waals surface area contributed by atoms with E-state index < -0.39 is 35.8 Å². The predicted molar refractivity (Wildman–Crippen MR) is 93.4 cm³/mol. The smallest absolute Gasteiger partial charge is 0.325 e. The number of hydrogen-bond donors (Lipinski definition) is 3. The van der Waals surface area contributed by atoms with E-state index in [1.54, 1.807) is 29.1 Å². The highest BCUT2D eigenvalue weighted by Crippen LogP contribution is 2.30. The van der Waals surface area contributed by atoms with Gasteiger partial charge in [0.15, 0.2) is 0 Å². The van der Waals surface area contributed by atoms with Gasteiger partial charge in [-0.1, -0.05) is 0 Å². The molecule has 0 aromatic carbocycles. The number of nitrogens with zero attached hydrogens (tertiary/aromatic N) is 1. The molecule has 8 nitrogen and oxygen atoms in total. The minimum absolute atomic E-state index is 0.179. The molecule has 4 N–H and O–H groups in total. The summed E-state index contributed by atoms with van der Waals surface area (Å²) in [6.45, 7) is 1.14. The van der Waals surface area contributed by atoms with Crippen LogP contribution in [0.1, 0.15) is 22.8 Å². The molecule has 0 saturated carbocycles. The number of thiophene rings is 2. The van der Waals surface area contributed by atoms with Crippen molar-refractivity contribution < 1.29 is 19.2 Å². The van der Waals surface area contributed by atoms with E-state index in [0.29, 0.717) is 5.56 Å². The van der Waals surface area contributed by atoms with Crippen LogP contribution in [0, 0.1) is 0 Å². The number of urea groups is 1. The second-order valence-electron chi connectivity index (χ2n) is 5.53. The van der Waals surface area contributed by atoms with Crippen LogP contribution in [0.4, 0.5) is 9.80 Å². The third-order valence-corrected chi connectivity index (χ3v) is 5.37. The van der Waals surface area contributed by atoms with E-state index in [9.17, 15) is 19.2 Å². The maximum absolute atomic E-state index is 12.6. The summed E-state index contributed by atoms with van der Waals surface area (Å²) in [6, 6.07) is 2.59. The van der Waals surface area contributed by atoms with Crippen molar-refractivity contribution in [2.75, 3.05) is 11.9 Å². The first-order valence-corrected chi connectivity index (χ1v) is 8.99. The molecule has 25 heavy (non-hydrogen) atoms. The Hall–Kier alpha value is -2.72. The average Bonchev–Trinajstić information content (AvgIpc) is 3.26.